The Kier molecular flexibility index (Phi) is 6.07. The van der Waals surface area contributed by atoms with Crippen LogP contribution in [0.3, 0.4) is 0 Å². The third-order valence-electron chi connectivity index (χ3n) is 9.18. The molecule has 2 aliphatic heterocycles. The summed E-state index contributed by atoms with van der Waals surface area (Å²) in [6.07, 6.45) is 0. The smallest absolute Gasteiger partial charge is 0.403 e. The van der Waals surface area contributed by atoms with Crippen LogP contribution in [0.1, 0.15) is 0 Å². The Bertz CT molecular complexity index is 2430. The van der Waals surface area contributed by atoms with Crippen molar-refractivity contribution in [3.05, 3.63) is 146 Å². The molecular formula is C40H25NO6P2. The quantitative estimate of drug-likeness (QED) is 0.182. The molecule has 8 aromatic carbocycles. The first-order chi connectivity index (χ1) is 24.0. The van der Waals surface area contributed by atoms with Crippen molar-refractivity contribution < 1.29 is 27.2 Å². The minimum Gasteiger partial charge on any atom is -0.403 e. The predicted molar refractivity (Wildman–Crippen MR) is 195 cm³/mol. The number of fused-ring (bicyclic) bond motifs is 14. The number of rotatable bonds is 2. The molecule has 49 heavy (non-hydrogen) atoms. The summed E-state index contributed by atoms with van der Waals surface area (Å²) in [7, 11) is -9.03. The molecule has 0 aromatic heterocycles. The van der Waals surface area contributed by atoms with Crippen LogP contribution in [0.2, 0.25) is 0 Å². The summed E-state index contributed by atoms with van der Waals surface area (Å²) in [6, 6.07) is 46.3. The highest BCUT2D eigenvalue weighted by Gasteiger charge is 2.47. The summed E-state index contributed by atoms with van der Waals surface area (Å²) in [6.45, 7) is 0. The fraction of sp³-hybridized carbons (Fsp3) is 0. The zero-order chi connectivity index (χ0) is 32.7. The average Bonchev–Trinajstić information content (AvgIpc) is 3.34. The van der Waals surface area contributed by atoms with Gasteiger partial charge in [0.1, 0.15) is 23.0 Å². The molecule has 2 aliphatic rings. The van der Waals surface area contributed by atoms with Crippen LogP contribution in [0.25, 0.3) is 65.3 Å². The minimum atomic E-state index is -4.51. The zero-order valence-corrected chi connectivity index (χ0v) is 27.5. The summed E-state index contributed by atoms with van der Waals surface area (Å²) in [5.41, 5.74) is 2.89. The topological polar surface area (TPSA) is 83.1 Å². The Balaban J connectivity index is 1.17. The summed E-state index contributed by atoms with van der Waals surface area (Å²) in [5.74, 6) is 1.24. The second-order valence-corrected chi connectivity index (χ2v) is 15.6. The normalized spacial score (nSPS) is 15.3. The number of hydrogen-bond donors (Lipinski definition) is 1. The molecule has 2 heterocycles. The Morgan fingerprint density at radius 3 is 0.837 bits per heavy atom. The highest BCUT2D eigenvalue weighted by molar-refractivity contribution is 7.68. The Morgan fingerprint density at radius 1 is 0.327 bits per heavy atom. The Labute approximate surface area is 280 Å². The maximum atomic E-state index is 15.0. The molecule has 0 radical (unpaired) electrons. The first-order valence-corrected chi connectivity index (χ1v) is 18.9. The van der Waals surface area contributed by atoms with Gasteiger partial charge in [-0.25, -0.2) is 9.13 Å². The monoisotopic (exact) mass is 677 g/mol. The van der Waals surface area contributed by atoms with Crippen molar-refractivity contribution in [1.82, 2.24) is 4.86 Å². The van der Waals surface area contributed by atoms with Crippen molar-refractivity contribution in [3.63, 3.8) is 0 Å². The van der Waals surface area contributed by atoms with E-state index in [0.717, 1.165) is 65.3 Å². The van der Waals surface area contributed by atoms with Crippen molar-refractivity contribution in [2.75, 3.05) is 0 Å². The maximum Gasteiger partial charge on any atom is 0.524 e. The molecule has 0 fully saturated rings. The van der Waals surface area contributed by atoms with E-state index in [1.165, 1.54) is 0 Å². The van der Waals surface area contributed by atoms with E-state index < -0.39 is 15.5 Å². The average molecular weight is 678 g/mol. The SMILES string of the molecule is O=P1(NP2(=O)Oc3ccc4ccccc4c3-c3c(ccc4ccccc34)O2)Oc2ccc3ccccc3c2-c2c(ccc3ccccc23)O1. The molecule has 0 spiro atoms. The molecule has 0 aliphatic carbocycles. The maximum absolute atomic E-state index is 15.0. The number of nitrogens with one attached hydrogen (secondary N) is 1. The van der Waals surface area contributed by atoms with E-state index in [1.807, 2.05) is 121 Å². The van der Waals surface area contributed by atoms with Gasteiger partial charge < -0.3 is 18.1 Å². The predicted octanol–water partition coefficient (Wildman–Crippen LogP) is 11.7. The molecule has 9 heteroatoms. The first-order valence-electron chi connectivity index (χ1n) is 15.8. The fourth-order valence-electron chi connectivity index (χ4n) is 7.13. The molecular weight excluding hydrogens is 652 g/mol. The zero-order valence-electron chi connectivity index (χ0n) is 25.7. The van der Waals surface area contributed by atoms with E-state index in [1.54, 1.807) is 24.3 Å². The van der Waals surface area contributed by atoms with Gasteiger partial charge in [0, 0.05) is 22.3 Å². The van der Waals surface area contributed by atoms with E-state index >= 15 is 0 Å². The highest BCUT2D eigenvalue weighted by atomic mass is 31.3. The van der Waals surface area contributed by atoms with Gasteiger partial charge in [-0.2, -0.15) is 0 Å². The number of hydrogen-bond acceptors (Lipinski definition) is 6. The molecule has 1 N–H and O–H groups in total. The molecule has 0 atom stereocenters. The molecule has 0 saturated heterocycles. The lowest BCUT2D eigenvalue weighted by atomic mass is 9.92. The Hall–Kier alpha value is -5.58. The van der Waals surface area contributed by atoms with Crippen molar-refractivity contribution in [2.45, 2.75) is 0 Å². The third-order valence-corrected chi connectivity index (χ3v) is 12.9. The van der Waals surface area contributed by atoms with E-state index in [2.05, 4.69) is 4.86 Å². The summed E-state index contributed by atoms with van der Waals surface area (Å²) in [4.78, 5) is 2.67. The van der Waals surface area contributed by atoms with Gasteiger partial charge in [-0.05, 0) is 67.4 Å². The Morgan fingerprint density at radius 2 is 0.571 bits per heavy atom. The lowest BCUT2D eigenvalue weighted by molar-refractivity contribution is 0.358. The van der Waals surface area contributed by atoms with Gasteiger partial charge in [-0.15, -0.1) is 0 Å². The minimum absolute atomic E-state index is 0.309. The van der Waals surface area contributed by atoms with E-state index in [0.29, 0.717) is 23.0 Å². The molecule has 10 rings (SSSR count). The van der Waals surface area contributed by atoms with Crippen LogP contribution in [-0.2, 0) is 9.13 Å². The van der Waals surface area contributed by atoms with Gasteiger partial charge in [0.25, 0.3) is 0 Å². The molecule has 8 aromatic rings. The fourth-order valence-corrected chi connectivity index (χ4v) is 10.7. The highest BCUT2D eigenvalue weighted by Crippen LogP contribution is 2.64. The van der Waals surface area contributed by atoms with Gasteiger partial charge in [-0.3, -0.25) is 0 Å². The second-order valence-electron chi connectivity index (χ2n) is 12.1. The van der Waals surface area contributed by atoms with Crippen LogP contribution in [0.5, 0.6) is 23.0 Å². The van der Waals surface area contributed by atoms with Gasteiger partial charge >= 0.3 is 15.5 Å². The van der Waals surface area contributed by atoms with Crippen molar-refractivity contribution in [2.24, 2.45) is 0 Å². The molecule has 0 bridgehead atoms. The van der Waals surface area contributed by atoms with E-state index in [-0.39, 0.29) is 0 Å². The van der Waals surface area contributed by atoms with Crippen LogP contribution >= 0.6 is 15.5 Å². The summed E-state index contributed by atoms with van der Waals surface area (Å²) < 4.78 is 55.2. The van der Waals surface area contributed by atoms with E-state index in [4.69, 9.17) is 18.1 Å². The van der Waals surface area contributed by atoms with Crippen LogP contribution in [0.15, 0.2) is 146 Å². The van der Waals surface area contributed by atoms with Gasteiger partial charge in [0.15, 0.2) is 0 Å². The lowest BCUT2D eigenvalue weighted by Crippen LogP contribution is -2.21. The summed E-state index contributed by atoms with van der Waals surface area (Å²) in [5, 5.41) is 7.48. The first kappa shape index (κ1) is 28.4. The van der Waals surface area contributed by atoms with Gasteiger partial charge in [0.2, 0.25) is 0 Å². The largest absolute Gasteiger partial charge is 0.524 e. The molecule has 0 unspecified atom stereocenters. The van der Waals surface area contributed by atoms with E-state index in [9.17, 15) is 9.13 Å². The van der Waals surface area contributed by atoms with Crippen LogP contribution < -0.4 is 23.0 Å². The van der Waals surface area contributed by atoms with Crippen LogP contribution in [0, 0.1) is 0 Å². The van der Waals surface area contributed by atoms with Crippen molar-refractivity contribution >= 4 is 58.6 Å². The third kappa shape index (κ3) is 4.48. The van der Waals surface area contributed by atoms with Gasteiger partial charge in [-0.1, -0.05) is 126 Å². The number of benzene rings is 8. The van der Waals surface area contributed by atoms with Crippen LogP contribution in [-0.4, -0.2) is 0 Å². The summed E-state index contributed by atoms with van der Waals surface area (Å²) >= 11 is 0. The molecule has 0 amide bonds. The molecule has 236 valence electrons. The molecule has 0 saturated carbocycles. The lowest BCUT2D eigenvalue weighted by Gasteiger charge is -2.24. The van der Waals surface area contributed by atoms with Crippen LogP contribution in [0.4, 0.5) is 0 Å². The van der Waals surface area contributed by atoms with Gasteiger partial charge in [0.05, 0.1) is 0 Å². The standard InChI is InChI=1S/C40H25NO6P2/c42-48(44-33-21-17-25-9-1-5-13-29(25)37(33)38-30-14-6-2-10-26(30)18-22-34(38)45-48)41-49(43)46-35-23-19-27-11-3-7-15-31(27)39(35)40-32-16-8-4-12-28(32)20-24-36(40)47-49/h1-24H,(H,41,42,43). The second kappa shape index (κ2) is 10.5. The van der Waals surface area contributed by atoms with Crippen molar-refractivity contribution in [3.8, 4) is 45.3 Å². The van der Waals surface area contributed by atoms with Crippen molar-refractivity contribution in [1.29, 1.82) is 0 Å². The molecule has 7 nitrogen and oxygen atoms in total.